The fraction of sp³-hybridized carbons (Fsp3) is 0.235. The maximum atomic E-state index is 9.34. The van der Waals surface area contributed by atoms with Crippen molar-refractivity contribution in [1.82, 2.24) is 4.90 Å². The summed E-state index contributed by atoms with van der Waals surface area (Å²) in [5.41, 5.74) is 2.26. The summed E-state index contributed by atoms with van der Waals surface area (Å²) in [7, 11) is 2.03. The zero-order valence-corrected chi connectivity index (χ0v) is 12.2. The highest BCUT2D eigenvalue weighted by Crippen LogP contribution is 2.17. The minimum absolute atomic E-state index is 0.103. The van der Waals surface area contributed by atoms with Crippen LogP contribution in [0.3, 0.4) is 0 Å². The van der Waals surface area contributed by atoms with Gasteiger partial charge in [-0.05, 0) is 30.3 Å². The van der Waals surface area contributed by atoms with Gasteiger partial charge in [-0.1, -0.05) is 54.1 Å². The summed E-state index contributed by atoms with van der Waals surface area (Å²) >= 11 is 5.88. The van der Waals surface area contributed by atoms with Crippen molar-refractivity contribution in [2.75, 3.05) is 13.6 Å². The molecule has 0 aliphatic rings. The molecule has 1 atom stereocenters. The Kier molecular flexibility index (Phi) is 5.17. The van der Waals surface area contributed by atoms with Crippen molar-refractivity contribution >= 4 is 11.6 Å². The molecular weight excluding hydrogens is 268 g/mol. The highest BCUT2D eigenvalue weighted by molar-refractivity contribution is 6.30. The molecule has 2 aromatic carbocycles. The molecule has 0 bridgehead atoms. The molecule has 0 saturated heterocycles. The van der Waals surface area contributed by atoms with E-state index in [0.717, 1.165) is 17.1 Å². The fourth-order valence-electron chi connectivity index (χ4n) is 2.18. The van der Waals surface area contributed by atoms with E-state index in [2.05, 4.69) is 11.0 Å². The number of hydrogen-bond acceptors (Lipinski definition) is 2. The molecule has 0 fully saturated rings. The lowest BCUT2D eigenvalue weighted by molar-refractivity contribution is 0.320. The summed E-state index contributed by atoms with van der Waals surface area (Å²) in [5.74, 6) is -0.103. The van der Waals surface area contributed by atoms with Crippen molar-refractivity contribution in [3.63, 3.8) is 0 Å². The van der Waals surface area contributed by atoms with E-state index >= 15 is 0 Å². The topological polar surface area (TPSA) is 27.0 Å². The first-order chi connectivity index (χ1) is 9.69. The smallest absolute Gasteiger partial charge is 0.0839 e. The fourth-order valence-corrected chi connectivity index (χ4v) is 2.31. The van der Waals surface area contributed by atoms with Gasteiger partial charge in [0.1, 0.15) is 0 Å². The molecule has 3 heteroatoms. The van der Waals surface area contributed by atoms with E-state index in [1.54, 1.807) is 0 Å². The summed E-state index contributed by atoms with van der Waals surface area (Å²) in [6.07, 6.45) is 0. The van der Waals surface area contributed by atoms with E-state index in [1.807, 2.05) is 61.6 Å². The van der Waals surface area contributed by atoms with Crippen molar-refractivity contribution in [1.29, 1.82) is 5.26 Å². The van der Waals surface area contributed by atoms with Crippen LogP contribution in [0, 0.1) is 11.3 Å². The van der Waals surface area contributed by atoms with Crippen LogP contribution in [0.4, 0.5) is 0 Å². The minimum Gasteiger partial charge on any atom is -0.300 e. The van der Waals surface area contributed by atoms with Crippen LogP contribution in [0.15, 0.2) is 54.6 Å². The maximum absolute atomic E-state index is 9.34. The second-order valence-corrected chi connectivity index (χ2v) is 5.35. The summed E-state index contributed by atoms with van der Waals surface area (Å²) < 4.78 is 0. The van der Waals surface area contributed by atoms with Gasteiger partial charge in [0, 0.05) is 18.1 Å². The lowest BCUT2D eigenvalue weighted by Crippen LogP contribution is -2.23. The van der Waals surface area contributed by atoms with E-state index < -0.39 is 0 Å². The number of hydrogen-bond donors (Lipinski definition) is 0. The Morgan fingerprint density at radius 2 is 1.75 bits per heavy atom. The van der Waals surface area contributed by atoms with Crippen molar-refractivity contribution in [3.8, 4) is 6.07 Å². The Morgan fingerprint density at radius 3 is 2.35 bits per heavy atom. The van der Waals surface area contributed by atoms with E-state index in [1.165, 1.54) is 5.56 Å². The van der Waals surface area contributed by atoms with E-state index in [4.69, 9.17) is 11.6 Å². The van der Waals surface area contributed by atoms with Crippen LogP contribution in [-0.2, 0) is 6.54 Å². The maximum Gasteiger partial charge on any atom is 0.0839 e. The molecule has 0 spiro atoms. The molecule has 2 nitrogen and oxygen atoms in total. The van der Waals surface area contributed by atoms with Crippen molar-refractivity contribution in [2.45, 2.75) is 12.5 Å². The van der Waals surface area contributed by atoms with Gasteiger partial charge in [0.2, 0.25) is 0 Å². The third-order valence-corrected chi connectivity index (χ3v) is 3.47. The second-order valence-electron chi connectivity index (χ2n) is 4.92. The largest absolute Gasteiger partial charge is 0.300 e. The molecule has 1 unspecified atom stereocenters. The van der Waals surface area contributed by atoms with Crippen LogP contribution in [0.1, 0.15) is 17.0 Å². The predicted octanol–water partition coefficient (Wildman–Crippen LogP) is 4.08. The van der Waals surface area contributed by atoms with Crippen LogP contribution in [0.5, 0.6) is 0 Å². The average molecular weight is 285 g/mol. The highest BCUT2D eigenvalue weighted by atomic mass is 35.5. The van der Waals surface area contributed by atoms with Crippen LogP contribution in [-0.4, -0.2) is 18.5 Å². The van der Waals surface area contributed by atoms with Crippen molar-refractivity contribution in [3.05, 3.63) is 70.7 Å². The van der Waals surface area contributed by atoms with Crippen LogP contribution in [0.25, 0.3) is 0 Å². The standard InChI is InChI=1S/C17H17ClN2/c1-20(12-14-7-9-17(18)10-8-14)13-16(11-19)15-5-3-2-4-6-15/h2-10,16H,12-13H2,1H3. The zero-order chi connectivity index (χ0) is 14.4. The number of likely N-dealkylation sites (N-methyl/N-ethyl adjacent to an activating group) is 1. The SMILES string of the molecule is CN(Cc1ccc(Cl)cc1)CC(C#N)c1ccccc1. The third kappa shape index (κ3) is 4.09. The molecule has 0 aromatic heterocycles. The highest BCUT2D eigenvalue weighted by Gasteiger charge is 2.13. The number of halogens is 1. The number of nitriles is 1. The van der Waals surface area contributed by atoms with Gasteiger partial charge in [0.05, 0.1) is 12.0 Å². The lowest BCUT2D eigenvalue weighted by Gasteiger charge is -2.20. The molecule has 102 valence electrons. The summed E-state index contributed by atoms with van der Waals surface area (Å²) in [6.45, 7) is 1.52. The first kappa shape index (κ1) is 14.6. The number of benzene rings is 2. The molecule has 0 saturated carbocycles. The zero-order valence-electron chi connectivity index (χ0n) is 11.5. The molecule has 0 radical (unpaired) electrons. The molecular formula is C17H17ClN2. The van der Waals surface area contributed by atoms with Crippen molar-refractivity contribution in [2.24, 2.45) is 0 Å². The van der Waals surface area contributed by atoms with Crippen LogP contribution < -0.4 is 0 Å². The van der Waals surface area contributed by atoms with Gasteiger partial charge in [-0.3, -0.25) is 0 Å². The first-order valence-corrected chi connectivity index (χ1v) is 6.94. The molecule has 0 N–H and O–H groups in total. The summed E-state index contributed by atoms with van der Waals surface area (Å²) in [6, 6.07) is 20.1. The Hall–Kier alpha value is -1.82. The molecule has 2 rings (SSSR count). The van der Waals surface area contributed by atoms with Gasteiger partial charge in [-0.15, -0.1) is 0 Å². The predicted molar refractivity (Wildman–Crippen MR) is 82.6 cm³/mol. The molecule has 0 amide bonds. The summed E-state index contributed by atoms with van der Waals surface area (Å²) in [5, 5.41) is 10.1. The molecule has 0 heterocycles. The molecule has 0 aliphatic heterocycles. The third-order valence-electron chi connectivity index (χ3n) is 3.22. The Morgan fingerprint density at radius 1 is 1.10 bits per heavy atom. The van der Waals surface area contributed by atoms with E-state index in [9.17, 15) is 5.26 Å². The minimum atomic E-state index is -0.103. The Balaban J connectivity index is 1.98. The summed E-state index contributed by atoms with van der Waals surface area (Å²) in [4.78, 5) is 2.16. The quantitative estimate of drug-likeness (QED) is 0.827. The average Bonchev–Trinajstić information content (AvgIpc) is 2.48. The lowest BCUT2D eigenvalue weighted by atomic mass is 10.00. The van der Waals surface area contributed by atoms with Gasteiger partial charge in [0.25, 0.3) is 0 Å². The van der Waals surface area contributed by atoms with Gasteiger partial charge >= 0.3 is 0 Å². The normalized spacial score (nSPS) is 12.1. The Labute approximate surface area is 125 Å². The first-order valence-electron chi connectivity index (χ1n) is 6.56. The van der Waals surface area contributed by atoms with E-state index in [-0.39, 0.29) is 5.92 Å². The van der Waals surface area contributed by atoms with Crippen molar-refractivity contribution < 1.29 is 0 Å². The monoisotopic (exact) mass is 284 g/mol. The van der Waals surface area contributed by atoms with Gasteiger partial charge in [0.15, 0.2) is 0 Å². The van der Waals surface area contributed by atoms with Crippen LogP contribution in [0.2, 0.25) is 5.02 Å². The number of nitrogens with zero attached hydrogens (tertiary/aromatic N) is 2. The van der Waals surface area contributed by atoms with E-state index in [0.29, 0.717) is 6.54 Å². The van der Waals surface area contributed by atoms with Gasteiger partial charge in [-0.25, -0.2) is 0 Å². The van der Waals surface area contributed by atoms with Crippen LogP contribution >= 0.6 is 11.6 Å². The number of rotatable bonds is 5. The molecule has 0 aliphatic carbocycles. The Bertz CT molecular complexity index is 572. The second kappa shape index (κ2) is 7.09. The van der Waals surface area contributed by atoms with Gasteiger partial charge in [-0.2, -0.15) is 5.26 Å². The molecule has 2 aromatic rings. The van der Waals surface area contributed by atoms with Gasteiger partial charge < -0.3 is 4.90 Å². The molecule has 20 heavy (non-hydrogen) atoms.